The van der Waals surface area contributed by atoms with Gasteiger partial charge in [0.2, 0.25) is 0 Å². The molecule has 0 spiro atoms. The Hall–Kier alpha value is -0.870. The lowest BCUT2D eigenvalue weighted by atomic mass is 10.2. The van der Waals surface area contributed by atoms with Crippen molar-refractivity contribution in [1.29, 1.82) is 0 Å². The van der Waals surface area contributed by atoms with Gasteiger partial charge in [-0.1, -0.05) is 0 Å². The number of alkyl halides is 2. The number of ether oxygens (including phenoxy) is 1. The van der Waals surface area contributed by atoms with Gasteiger partial charge in [-0.05, 0) is 33.6 Å². The van der Waals surface area contributed by atoms with E-state index in [2.05, 4.69) is 5.32 Å². The second kappa shape index (κ2) is 3.37. The van der Waals surface area contributed by atoms with Crippen molar-refractivity contribution in [2.24, 2.45) is 0 Å². The zero-order valence-electron chi connectivity index (χ0n) is 8.56. The van der Waals surface area contributed by atoms with Gasteiger partial charge in [-0.15, -0.1) is 0 Å². The maximum absolute atomic E-state index is 12.4. The Morgan fingerprint density at radius 3 is 2.21 bits per heavy atom. The number of hydrogen-bond donors (Lipinski definition) is 1. The van der Waals surface area contributed by atoms with Gasteiger partial charge in [-0.3, -0.25) is 0 Å². The van der Waals surface area contributed by atoms with Gasteiger partial charge < -0.3 is 10.1 Å². The Labute approximate surface area is 81.8 Å². The molecule has 0 aliphatic heterocycles. The number of nitrogens with one attached hydrogen (secondary N) is 1. The molecule has 0 aromatic heterocycles. The van der Waals surface area contributed by atoms with E-state index in [4.69, 9.17) is 4.74 Å². The number of hydrogen-bond acceptors (Lipinski definition) is 2. The van der Waals surface area contributed by atoms with E-state index in [1.807, 2.05) is 0 Å². The monoisotopic (exact) mass is 207 g/mol. The van der Waals surface area contributed by atoms with E-state index in [0.29, 0.717) is 12.8 Å². The van der Waals surface area contributed by atoms with Crippen LogP contribution in [-0.4, -0.2) is 23.7 Å². The minimum Gasteiger partial charge on any atom is -0.444 e. The van der Waals surface area contributed by atoms with Crippen LogP contribution in [0.25, 0.3) is 0 Å². The normalized spacial score (nSPS) is 19.3. The zero-order chi connectivity index (χ0) is 11.0. The average molecular weight is 207 g/mol. The fraction of sp³-hybridized carbons (Fsp3) is 0.889. The minimum absolute atomic E-state index is 0.323. The third-order valence-electron chi connectivity index (χ3n) is 1.96. The fourth-order valence-corrected chi connectivity index (χ4v) is 1.04. The van der Waals surface area contributed by atoms with Crippen molar-refractivity contribution < 1.29 is 18.3 Å². The first kappa shape index (κ1) is 11.2. The van der Waals surface area contributed by atoms with E-state index in [9.17, 15) is 13.6 Å². The summed E-state index contributed by atoms with van der Waals surface area (Å²) >= 11 is 0. The van der Waals surface area contributed by atoms with Crippen molar-refractivity contribution in [3.63, 3.8) is 0 Å². The molecule has 0 saturated heterocycles. The third kappa shape index (κ3) is 2.82. The zero-order valence-corrected chi connectivity index (χ0v) is 8.56. The Balaban J connectivity index is 2.42. The predicted octanol–water partition coefficient (Wildman–Crippen LogP) is 2.31. The highest BCUT2D eigenvalue weighted by Gasteiger charge is 2.53. The molecule has 14 heavy (non-hydrogen) atoms. The fourth-order valence-electron chi connectivity index (χ4n) is 1.04. The third-order valence-corrected chi connectivity index (χ3v) is 1.96. The molecule has 1 fully saturated rings. The Morgan fingerprint density at radius 2 is 1.93 bits per heavy atom. The molecule has 1 saturated carbocycles. The lowest BCUT2D eigenvalue weighted by Gasteiger charge is -2.22. The number of carbonyl (C=O) groups excluding carboxylic acids is 1. The van der Waals surface area contributed by atoms with Crippen LogP contribution in [0.15, 0.2) is 0 Å². The van der Waals surface area contributed by atoms with Gasteiger partial charge in [0.15, 0.2) is 0 Å². The average Bonchev–Trinajstić information content (AvgIpc) is 2.63. The van der Waals surface area contributed by atoms with E-state index in [1.165, 1.54) is 0 Å². The van der Waals surface area contributed by atoms with Crippen LogP contribution in [0.2, 0.25) is 0 Å². The molecule has 1 aliphatic rings. The summed E-state index contributed by atoms with van der Waals surface area (Å²) in [6.07, 6.45) is -2.64. The van der Waals surface area contributed by atoms with Crippen molar-refractivity contribution in [3.8, 4) is 0 Å². The summed E-state index contributed by atoms with van der Waals surface area (Å²) in [7, 11) is 0. The summed E-state index contributed by atoms with van der Waals surface area (Å²) in [5, 5.41) is 2.21. The Kier molecular flexibility index (Phi) is 2.69. The summed E-state index contributed by atoms with van der Waals surface area (Å²) in [5.74, 6) is 0. The maximum Gasteiger partial charge on any atom is 0.408 e. The standard InChI is InChI=1S/C9H15F2NO2/c1-8(2,3)14-7(13)12-9(4-5-9)6(10)11/h6H,4-5H2,1-3H3,(H,12,13). The van der Waals surface area contributed by atoms with Gasteiger partial charge in [0, 0.05) is 0 Å². The van der Waals surface area contributed by atoms with E-state index in [1.54, 1.807) is 20.8 Å². The van der Waals surface area contributed by atoms with Crippen LogP contribution < -0.4 is 5.32 Å². The molecule has 3 nitrogen and oxygen atoms in total. The van der Waals surface area contributed by atoms with Crippen LogP contribution in [0.3, 0.4) is 0 Å². The quantitative estimate of drug-likeness (QED) is 0.754. The van der Waals surface area contributed by atoms with Gasteiger partial charge in [-0.25, -0.2) is 13.6 Å². The molecule has 0 aromatic rings. The highest BCUT2D eigenvalue weighted by atomic mass is 19.3. The van der Waals surface area contributed by atoms with Crippen LogP contribution >= 0.6 is 0 Å². The van der Waals surface area contributed by atoms with Crippen LogP contribution in [-0.2, 0) is 4.74 Å². The van der Waals surface area contributed by atoms with Crippen LogP contribution in [0, 0.1) is 0 Å². The van der Waals surface area contributed by atoms with Crippen molar-refractivity contribution in [2.75, 3.05) is 0 Å². The molecule has 1 aliphatic carbocycles. The predicted molar refractivity (Wildman–Crippen MR) is 47.3 cm³/mol. The molecule has 0 atom stereocenters. The largest absolute Gasteiger partial charge is 0.444 e. The van der Waals surface area contributed by atoms with Gasteiger partial charge in [0.25, 0.3) is 6.43 Å². The molecule has 5 heteroatoms. The first-order valence-corrected chi connectivity index (χ1v) is 4.54. The van der Waals surface area contributed by atoms with Gasteiger partial charge in [-0.2, -0.15) is 0 Å². The smallest absolute Gasteiger partial charge is 0.408 e. The number of rotatable bonds is 2. The molecule has 1 rings (SSSR count). The molecule has 0 radical (unpaired) electrons. The summed E-state index contributed by atoms with van der Waals surface area (Å²) in [4.78, 5) is 11.2. The molecule has 1 amide bonds. The minimum atomic E-state index is -2.52. The van der Waals surface area contributed by atoms with Crippen molar-refractivity contribution >= 4 is 6.09 Å². The Morgan fingerprint density at radius 1 is 1.43 bits per heavy atom. The first-order chi connectivity index (χ1) is 6.25. The highest BCUT2D eigenvalue weighted by Crippen LogP contribution is 2.41. The molecule has 0 unspecified atom stereocenters. The number of amides is 1. The Bertz CT molecular complexity index is 231. The molecule has 0 heterocycles. The van der Waals surface area contributed by atoms with Crippen molar-refractivity contribution in [3.05, 3.63) is 0 Å². The lowest BCUT2D eigenvalue weighted by molar-refractivity contribution is 0.0334. The second-order valence-corrected chi connectivity index (χ2v) is 4.58. The molecule has 1 N–H and O–H groups in total. The van der Waals surface area contributed by atoms with E-state index < -0.39 is 23.7 Å². The topological polar surface area (TPSA) is 38.3 Å². The lowest BCUT2D eigenvalue weighted by Crippen LogP contribution is -2.44. The van der Waals surface area contributed by atoms with Gasteiger partial charge in [0.1, 0.15) is 11.1 Å². The first-order valence-electron chi connectivity index (χ1n) is 4.54. The number of alkyl carbamates (subject to hydrolysis) is 1. The van der Waals surface area contributed by atoms with E-state index in [0.717, 1.165) is 0 Å². The number of halogens is 2. The molecule has 0 aromatic carbocycles. The molecule has 0 bridgehead atoms. The summed E-state index contributed by atoms with van der Waals surface area (Å²) in [6, 6.07) is 0. The van der Waals surface area contributed by atoms with E-state index >= 15 is 0 Å². The second-order valence-electron chi connectivity index (χ2n) is 4.58. The molecular formula is C9H15F2NO2. The SMILES string of the molecule is CC(C)(C)OC(=O)NC1(C(F)F)CC1. The summed E-state index contributed by atoms with van der Waals surface area (Å²) < 4.78 is 29.7. The van der Waals surface area contributed by atoms with E-state index in [-0.39, 0.29) is 0 Å². The summed E-state index contributed by atoms with van der Waals surface area (Å²) in [5.41, 5.74) is -1.97. The molecule has 82 valence electrons. The maximum atomic E-state index is 12.4. The van der Waals surface area contributed by atoms with Crippen LogP contribution in [0.5, 0.6) is 0 Å². The van der Waals surface area contributed by atoms with Crippen molar-refractivity contribution in [1.82, 2.24) is 5.32 Å². The van der Waals surface area contributed by atoms with Gasteiger partial charge in [0.05, 0.1) is 0 Å². The van der Waals surface area contributed by atoms with Gasteiger partial charge >= 0.3 is 6.09 Å². The highest BCUT2D eigenvalue weighted by molar-refractivity contribution is 5.69. The molecular weight excluding hydrogens is 192 g/mol. The number of carbonyl (C=O) groups is 1. The van der Waals surface area contributed by atoms with Crippen LogP contribution in [0.1, 0.15) is 33.6 Å². The van der Waals surface area contributed by atoms with Crippen LogP contribution in [0.4, 0.5) is 13.6 Å². The van der Waals surface area contributed by atoms with Crippen molar-refractivity contribution in [2.45, 2.75) is 51.2 Å². The summed E-state index contributed by atoms with van der Waals surface area (Å²) in [6.45, 7) is 5.07.